The van der Waals surface area contributed by atoms with E-state index in [4.69, 9.17) is 14.6 Å². The maximum atomic E-state index is 13.1. The van der Waals surface area contributed by atoms with Gasteiger partial charge >= 0.3 is 5.76 Å². The molecule has 3 aromatic rings. The molecule has 3 rings (SSSR count). The van der Waals surface area contributed by atoms with Crippen LogP contribution in [0.2, 0.25) is 0 Å². The summed E-state index contributed by atoms with van der Waals surface area (Å²) < 4.78 is 24.0. The fraction of sp³-hybridized carbons (Fsp3) is 0.176. The molecule has 10 heteroatoms. The Balaban J connectivity index is 1.82. The van der Waals surface area contributed by atoms with E-state index >= 15 is 0 Å². The quantitative estimate of drug-likeness (QED) is 0.661. The molecule has 0 aliphatic heterocycles. The molecule has 1 aromatic carbocycles. The van der Waals surface area contributed by atoms with Gasteiger partial charge < -0.3 is 19.5 Å². The number of amides is 2. The fourth-order valence-electron chi connectivity index (χ4n) is 2.36. The standard InChI is InChI=1S/C17H15FN4O5/c18-11-3-5-12(6-4-11)21(8-7-14(19)23)15(24)10-22-17(25)27-16(20-22)13-2-1-9-26-13/h1-6,9H,7-8,10H2,(H2,19,23). The second-order valence-corrected chi connectivity index (χ2v) is 5.55. The number of primary amides is 1. The van der Waals surface area contributed by atoms with Crippen molar-refractivity contribution in [3.63, 3.8) is 0 Å². The molecule has 2 aromatic heterocycles. The summed E-state index contributed by atoms with van der Waals surface area (Å²) in [6, 6.07) is 8.27. The molecule has 0 spiro atoms. The number of nitrogens with two attached hydrogens (primary N) is 1. The van der Waals surface area contributed by atoms with Crippen LogP contribution in [0.1, 0.15) is 6.42 Å². The minimum atomic E-state index is -0.844. The van der Waals surface area contributed by atoms with Crippen LogP contribution in [0.25, 0.3) is 11.7 Å². The topological polar surface area (TPSA) is 125 Å². The Kier molecular flexibility index (Phi) is 5.15. The number of carbonyl (C=O) groups excluding carboxylic acids is 2. The molecule has 0 radical (unpaired) electrons. The van der Waals surface area contributed by atoms with Crippen molar-refractivity contribution < 1.29 is 22.8 Å². The summed E-state index contributed by atoms with van der Waals surface area (Å²) in [5, 5.41) is 3.92. The highest BCUT2D eigenvalue weighted by molar-refractivity contribution is 5.93. The number of benzene rings is 1. The molecule has 0 saturated carbocycles. The van der Waals surface area contributed by atoms with Crippen molar-refractivity contribution in [3.05, 3.63) is 59.0 Å². The van der Waals surface area contributed by atoms with Crippen LogP contribution in [0, 0.1) is 5.82 Å². The number of halogens is 1. The first-order chi connectivity index (χ1) is 12.9. The normalized spacial score (nSPS) is 10.7. The molecule has 27 heavy (non-hydrogen) atoms. The van der Waals surface area contributed by atoms with Crippen LogP contribution in [-0.4, -0.2) is 28.1 Å². The summed E-state index contributed by atoms with van der Waals surface area (Å²) in [7, 11) is 0. The van der Waals surface area contributed by atoms with Crippen molar-refractivity contribution in [1.29, 1.82) is 0 Å². The number of aromatic nitrogens is 2. The number of rotatable bonds is 7. The molecule has 9 nitrogen and oxygen atoms in total. The average molecular weight is 374 g/mol. The molecule has 0 saturated heterocycles. The zero-order valence-corrected chi connectivity index (χ0v) is 14.0. The molecule has 0 aliphatic rings. The van der Waals surface area contributed by atoms with Crippen LogP contribution >= 0.6 is 0 Å². The lowest BCUT2D eigenvalue weighted by Crippen LogP contribution is -2.38. The van der Waals surface area contributed by atoms with Crippen molar-refractivity contribution in [1.82, 2.24) is 9.78 Å². The van der Waals surface area contributed by atoms with Crippen molar-refractivity contribution in [3.8, 4) is 11.7 Å². The van der Waals surface area contributed by atoms with Gasteiger partial charge in [0.15, 0.2) is 5.76 Å². The number of furan rings is 1. The summed E-state index contributed by atoms with van der Waals surface area (Å²) in [4.78, 5) is 36.9. The molecule has 2 heterocycles. The highest BCUT2D eigenvalue weighted by Crippen LogP contribution is 2.17. The van der Waals surface area contributed by atoms with E-state index < -0.39 is 29.9 Å². The van der Waals surface area contributed by atoms with Gasteiger partial charge in [0.25, 0.3) is 5.89 Å². The van der Waals surface area contributed by atoms with Gasteiger partial charge in [-0.15, -0.1) is 5.10 Å². The molecule has 2 amide bonds. The first kappa shape index (κ1) is 18.1. The first-order valence-corrected chi connectivity index (χ1v) is 7.90. The molecule has 0 unspecified atom stereocenters. The lowest BCUT2D eigenvalue weighted by Gasteiger charge is -2.22. The van der Waals surface area contributed by atoms with E-state index in [2.05, 4.69) is 5.10 Å². The van der Waals surface area contributed by atoms with Gasteiger partial charge in [0.1, 0.15) is 12.4 Å². The van der Waals surface area contributed by atoms with Crippen LogP contribution in [0.5, 0.6) is 0 Å². The third-order valence-corrected chi connectivity index (χ3v) is 3.64. The van der Waals surface area contributed by atoms with Crippen molar-refractivity contribution in [2.45, 2.75) is 13.0 Å². The third kappa shape index (κ3) is 4.29. The molecular weight excluding hydrogens is 359 g/mol. The Morgan fingerprint density at radius 2 is 1.96 bits per heavy atom. The zero-order chi connectivity index (χ0) is 19.4. The minimum Gasteiger partial charge on any atom is -0.459 e. The minimum absolute atomic E-state index is 0.0303. The largest absolute Gasteiger partial charge is 0.459 e. The van der Waals surface area contributed by atoms with E-state index in [0.717, 1.165) is 4.68 Å². The van der Waals surface area contributed by atoms with E-state index in [1.807, 2.05) is 0 Å². The van der Waals surface area contributed by atoms with Crippen molar-refractivity contribution in [2.24, 2.45) is 5.73 Å². The molecule has 140 valence electrons. The van der Waals surface area contributed by atoms with E-state index in [9.17, 15) is 18.8 Å². The number of nitrogens with zero attached hydrogens (tertiary/aromatic N) is 3. The van der Waals surface area contributed by atoms with Crippen LogP contribution in [0.3, 0.4) is 0 Å². The summed E-state index contributed by atoms with van der Waals surface area (Å²) in [5.74, 6) is -2.30. The van der Waals surface area contributed by atoms with Gasteiger partial charge in [-0.2, -0.15) is 4.68 Å². The zero-order valence-electron chi connectivity index (χ0n) is 14.0. The number of hydrogen-bond acceptors (Lipinski definition) is 6. The molecule has 0 fully saturated rings. The van der Waals surface area contributed by atoms with Gasteiger partial charge in [-0.05, 0) is 36.4 Å². The summed E-state index contributed by atoms with van der Waals surface area (Å²) in [6.07, 6.45) is 1.29. The van der Waals surface area contributed by atoms with Crippen LogP contribution < -0.4 is 16.4 Å². The van der Waals surface area contributed by atoms with Crippen molar-refractivity contribution >= 4 is 17.5 Å². The van der Waals surface area contributed by atoms with Gasteiger partial charge in [0, 0.05) is 18.7 Å². The molecule has 0 bridgehead atoms. The second kappa shape index (κ2) is 7.68. The highest BCUT2D eigenvalue weighted by atomic mass is 19.1. The molecular formula is C17H15FN4O5. The summed E-state index contributed by atoms with van der Waals surface area (Å²) in [5.41, 5.74) is 5.50. The lowest BCUT2D eigenvalue weighted by molar-refractivity contribution is -0.119. The van der Waals surface area contributed by atoms with Crippen LogP contribution in [-0.2, 0) is 16.1 Å². The van der Waals surface area contributed by atoms with Crippen molar-refractivity contribution in [2.75, 3.05) is 11.4 Å². The first-order valence-electron chi connectivity index (χ1n) is 7.90. The third-order valence-electron chi connectivity index (χ3n) is 3.64. The predicted octanol–water partition coefficient (Wildman–Crippen LogP) is 1.14. The maximum Gasteiger partial charge on any atom is 0.437 e. The lowest BCUT2D eigenvalue weighted by atomic mass is 10.2. The van der Waals surface area contributed by atoms with Gasteiger partial charge in [0.2, 0.25) is 11.8 Å². The predicted molar refractivity (Wildman–Crippen MR) is 91.0 cm³/mol. The summed E-state index contributed by atoms with van der Waals surface area (Å²) >= 11 is 0. The number of hydrogen-bond donors (Lipinski definition) is 1. The van der Waals surface area contributed by atoms with Gasteiger partial charge in [-0.25, -0.2) is 9.18 Å². The Morgan fingerprint density at radius 1 is 1.22 bits per heavy atom. The Hall–Kier alpha value is -3.69. The van der Waals surface area contributed by atoms with E-state index in [-0.39, 0.29) is 24.6 Å². The Labute approximate surface area is 151 Å². The van der Waals surface area contributed by atoms with Gasteiger partial charge in [-0.1, -0.05) is 0 Å². The van der Waals surface area contributed by atoms with Gasteiger partial charge in [-0.3, -0.25) is 9.59 Å². The molecule has 2 N–H and O–H groups in total. The maximum absolute atomic E-state index is 13.1. The smallest absolute Gasteiger partial charge is 0.437 e. The van der Waals surface area contributed by atoms with E-state index in [1.165, 1.54) is 35.4 Å². The van der Waals surface area contributed by atoms with Gasteiger partial charge in [0.05, 0.1) is 6.26 Å². The van der Waals surface area contributed by atoms with Crippen LogP contribution in [0.15, 0.2) is 56.3 Å². The van der Waals surface area contributed by atoms with E-state index in [0.29, 0.717) is 5.69 Å². The number of anilines is 1. The summed E-state index contributed by atoms with van der Waals surface area (Å²) in [6.45, 7) is -0.476. The second-order valence-electron chi connectivity index (χ2n) is 5.55. The molecule has 0 atom stereocenters. The monoisotopic (exact) mass is 374 g/mol. The average Bonchev–Trinajstić information content (AvgIpc) is 3.27. The Bertz CT molecular complexity index is 991. The highest BCUT2D eigenvalue weighted by Gasteiger charge is 2.21. The molecule has 0 aliphatic carbocycles. The Morgan fingerprint density at radius 3 is 2.59 bits per heavy atom. The fourth-order valence-corrected chi connectivity index (χ4v) is 2.36. The van der Waals surface area contributed by atoms with Crippen LogP contribution in [0.4, 0.5) is 10.1 Å². The SMILES string of the molecule is NC(=O)CCN(C(=O)Cn1nc(-c2ccco2)oc1=O)c1ccc(F)cc1. The van der Waals surface area contributed by atoms with E-state index in [1.54, 1.807) is 12.1 Å². The number of carbonyl (C=O) groups is 2.